The minimum atomic E-state index is -3.20. The number of ether oxygens (including phenoxy) is 2. The molecule has 1 fully saturated rings. The summed E-state index contributed by atoms with van der Waals surface area (Å²) in [6, 6.07) is 10.4. The zero-order valence-electron chi connectivity index (χ0n) is 21.1. The van der Waals surface area contributed by atoms with E-state index in [-0.39, 0.29) is 29.6 Å². The standard InChI is InChI=1S/C27H34N2O5S/c1-17-12-20(33-5)6-7-21(17)18-13-19-16-35(31,32)11-10-29-24-8-9-28(26(30)34-27(2,3)4)15-23(24)22(14-18)25(19)29/h6-7,12-14,23-24H,8-11,15-16H2,1-5H3/t23-,24-/m0/s1. The topological polar surface area (TPSA) is 76.2 Å². The van der Waals surface area contributed by atoms with Crippen molar-refractivity contribution >= 4 is 21.6 Å². The molecule has 1 amide bonds. The lowest BCUT2D eigenvalue weighted by Gasteiger charge is -2.39. The first-order valence-electron chi connectivity index (χ1n) is 12.2. The molecule has 0 saturated carbocycles. The summed E-state index contributed by atoms with van der Waals surface area (Å²) >= 11 is 0. The third-order valence-electron chi connectivity index (χ3n) is 7.30. The van der Waals surface area contributed by atoms with Crippen LogP contribution in [-0.4, -0.2) is 63.6 Å². The van der Waals surface area contributed by atoms with Crippen molar-refractivity contribution in [3.05, 3.63) is 47.0 Å². The smallest absolute Gasteiger partial charge is 0.410 e. The van der Waals surface area contributed by atoms with Crippen LogP contribution in [-0.2, 0) is 20.3 Å². The van der Waals surface area contributed by atoms with E-state index >= 15 is 0 Å². The van der Waals surface area contributed by atoms with E-state index in [4.69, 9.17) is 9.47 Å². The first-order chi connectivity index (χ1) is 16.5. The Labute approximate surface area is 207 Å². The number of carbonyl (C=O) groups is 1. The first-order valence-corrected chi connectivity index (χ1v) is 14.0. The highest BCUT2D eigenvalue weighted by Crippen LogP contribution is 2.49. The number of likely N-dealkylation sites (tertiary alicyclic amines) is 1. The number of piperidine rings is 1. The average molecular weight is 499 g/mol. The highest BCUT2D eigenvalue weighted by molar-refractivity contribution is 7.90. The molecule has 188 valence electrons. The summed E-state index contributed by atoms with van der Waals surface area (Å²) in [7, 11) is -1.55. The van der Waals surface area contributed by atoms with Crippen molar-refractivity contribution in [1.29, 1.82) is 0 Å². The SMILES string of the molecule is COc1ccc(-c2cc3c4c(c2)[C@@H]2CN(C(=O)OC(C)(C)C)CC[C@@H]2N4CCS(=O)(=O)C3)c(C)c1. The number of rotatable bonds is 2. The third kappa shape index (κ3) is 4.48. The minimum Gasteiger partial charge on any atom is -0.497 e. The maximum Gasteiger partial charge on any atom is 0.410 e. The molecule has 3 heterocycles. The lowest BCUT2D eigenvalue weighted by molar-refractivity contribution is 0.0189. The molecule has 0 unspecified atom stereocenters. The number of fused-ring (bicyclic) bond motifs is 3. The summed E-state index contributed by atoms with van der Waals surface area (Å²) in [4.78, 5) is 17.0. The van der Waals surface area contributed by atoms with Crippen molar-refractivity contribution in [2.45, 2.75) is 57.4 Å². The summed E-state index contributed by atoms with van der Waals surface area (Å²) < 4.78 is 36.7. The predicted octanol–water partition coefficient (Wildman–Crippen LogP) is 4.51. The Morgan fingerprint density at radius 1 is 1.11 bits per heavy atom. The molecular formula is C27H34N2O5S. The Balaban J connectivity index is 1.59. The lowest BCUT2D eigenvalue weighted by atomic mass is 9.86. The van der Waals surface area contributed by atoms with Crippen LogP contribution in [0.1, 0.15) is 49.8 Å². The average Bonchev–Trinajstić information content (AvgIpc) is 3.01. The molecule has 2 aromatic rings. The summed E-state index contributed by atoms with van der Waals surface area (Å²) in [5.74, 6) is 1.10. The monoisotopic (exact) mass is 498 g/mol. The summed E-state index contributed by atoms with van der Waals surface area (Å²) in [6.45, 7) is 9.36. The van der Waals surface area contributed by atoms with E-state index in [0.29, 0.717) is 19.6 Å². The van der Waals surface area contributed by atoms with Crippen molar-refractivity contribution in [3.63, 3.8) is 0 Å². The highest BCUT2D eigenvalue weighted by Gasteiger charge is 2.46. The van der Waals surface area contributed by atoms with Gasteiger partial charge in [0.05, 0.1) is 18.6 Å². The number of amides is 1. The summed E-state index contributed by atoms with van der Waals surface area (Å²) in [5.41, 5.74) is 5.65. The summed E-state index contributed by atoms with van der Waals surface area (Å²) in [5, 5.41) is 0. The van der Waals surface area contributed by atoms with E-state index in [0.717, 1.165) is 45.7 Å². The molecule has 0 radical (unpaired) electrons. The van der Waals surface area contributed by atoms with Gasteiger partial charge in [-0.25, -0.2) is 13.2 Å². The number of carbonyl (C=O) groups excluding carboxylic acids is 1. The molecule has 0 spiro atoms. The Hall–Kier alpha value is -2.74. The molecule has 1 saturated heterocycles. The van der Waals surface area contributed by atoms with E-state index in [1.54, 1.807) is 7.11 Å². The molecular weight excluding hydrogens is 464 g/mol. The van der Waals surface area contributed by atoms with Crippen LogP contribution in [0.2, 0.25) is 0 Å². The van der Waals surface area contributed by atoms with Crippen LogP contribution in [0.25, 0.3) is 11.1 Å². The fraction of sp³-hybridized carbons (Fsp3) is 0.519. The molecule has 0 N–H and O–H groups in total. The van der Waals surface area contributed by atoms with Crippen LogP contribution in [0.5, 0.6) is 5.75 Å². The van der Waals surface area contributed by atoms with Gasteiger partial charge in [0.15, 0.2) is 9.84 Å². The Kier molecular flexibility index (Phi) is 5.78. The fourth-order valence-corrected chi connectivity index (χ4v) is 7.12. The maximum absolute atomic E-state index is 12.9. The van der Waals surface area contributed by atoms with Gasteiger partial charge in [0, 0.05) is 37.3 Å². The molecule has 5 rings (SSSR count). The van der Waals surface area contributed by atoms with Gasteiger partial charge in [0.1, 0.15) is 11.4 Å². The van der Waals surface area contributed by atoms with Crippen molar-refractivity contribution in [3.8, 4) is 16.9 Å². The van der Waals surface area contributed by atoms with Crippen LogP contribution < -0.4 is 9.64 Å². The van der Waals surface area contributed by atoms with Gasteiger partial charge < -0.3 is 19.3 Å². The number of nitrogens with zero attached hydrogens (tertiary/aromatic N) is 2. The van der Waals surface area contributed by atoms with Crippen molar-refractivity contribution in [2.24, 2.45) is 0 Å². The second-order valence-electron chi connectivity index (χ2n) is 10.9. The minimum absolute atomic E-state index is 0.0457. The second-order valence-corrected chi connectivity index (χ2v) is 13.1. The van der Waals surface area contributed by atoms with E-state index < -0.39 is 15.4 Å². The van der Waals surface area contributed by atoms with Crippen LogP contribution in [0.3, 0.4) is 0 Å². The molecule has 7 nitrogen and oxygen atoms in total. The molecule has 8 heteroatoms. The molecule has 0 aliphatic carbocycles. The summed E-state index contributed by atoms with van der Waals surface area (Å²) in [6.07, 6.45) is 0.502. The van der Waals surface area contributed by atoms with Gasteiger partial charge in [-0.2, -0.15) is 0 Å². The molecule has 2 aromatic carbocycles. The number of hydrogen-bond acceptors (Lipinski definition) is 6. The van der Waals surface area contributed by atoms with Gasteiger partial charge in [-0.05, 0) is 86.2 Å². The van der Waals surface area contributed by atoms with E-state index in [2.05, 4.69) is 11.0 Å². The van der Waals surface area contributed by atoms with E-state index in [1.165, 1.54) is 0 Å². The van der Waals surface area contributed by atoms with E-state index in [9.17, 15) is 13.2 Å². The number of hydrogen-bond donors (Lipinski definition) is 0. The van der Waals surface area contributed by atoms with Gasteiger partial charge >= 0.3 is 6.09 Å². The van der Waals surface area contributed by atoms with Gasteiger partial charge in [-0.15, -0.1) is 0 Å². The number of aryl methyl sites for hydroxylation is 1. The quantitative estimate of drug-likeness (QED) is 0.606. The highest BCUT2D eigenvalue weighted by atomic mass is 32.2. The number of anilines is 1. The normalized spacial score (nSPS) is 22.8. The fourth-order valence-electron chi connectivity index (χ4n) is 5.81. The molecule has 3 aliphatic rings. The Morgan fingerprint density at radius 2 is 1.89 bits per heavy atom. The van der Waals surface area contributed by atoms with Gasteiger partial charge in [0.2, 0.25) is 0 Å². The van der Waals surface area contributed by atoms with Crippen LogP contribution in [0.15, 0.2) is 30.3 Å². The third-order valence-corrected chi connectivity index (χ3v) is 8.85. The van der Waals surface area contributed by atoms with E-state index in [1.807, 2.05) is 56.9 Å². The molecule has 0 aromatic heterocycles. The van der Waals surface area contributed by atoms with Crippen molar-refractivity contribution < 1.29 is 22.7 Å². The second kappa shape index (κ2) is 8.43. The van der Waals surface area contributed by atoms with Gasteiger partial charge in [-0.3, -0.25) is 0 Å². The zero-order valence-corrected chi connectivity index (χ0v) is 21.9. The van der Waals surface area contributed by atoms with Crippen LogP contribution in [0.4, 0.5) is 10.5 Å². The van der Waals surface area contributed by atoms with Gasteiger partial charge in [0.25, 0.3) is 0 Å². The number of benzene rings is 2. The largest absolute Gasteiger partial charge is 0.497 e. The Morgan fingerprint density at radius 3 is 2.57 bits per heavy atom. The Bertz CT molecular complexity index is 1280. The molecule has 2 atom stereocenters. The number of methoxy groups -OCH3 is 1. The predicted molar refractivity (Wildman–Crippen MR) is 137 cm³/mol. The lowest BCUT2D eigenvalue weighted by Crippen LogP contribution is -2.49. The maximum atomic E-state index is 12.9. The van der Waals surface area contributed by atoms with Gasteiger partial charge in [-0.1, -0.05) is 6.07 Å². The van der Waals surface area contributed by atoms with Crippen LogP contribution >= 0.6 is 0 Å². The first kappa shape index (κ1) is 24.0. The van der Waals surface area contributed by atoms with Crippen LogP contribution in [0, 0.1) is 6.92 Å². The molecule has 0 bridgehead atoms. The number of sulfone groups is 1. The van der Waals surface area contributed by atoms with Crippen molar-refractivity contribution in [2.75, 3.05) is 37.4 Å². The molecule has 3 aliphatic heterocycles. The molecule has 35 heavy (non-hydrogen) atoms. The van der Waals surface area contributed by atoms with Crippen molar-refractivity contribution in [1.82, 2.24) is 4.90 Å². The zero-order chi connectivity index (χ0) is 25.1.